The van der Waals surface area contributed by atoms with Gasteiger partial charge < -0.3 is 4.57 Å². The number of benzene rings is 4. The Hall–Kier alpha value is -3.61. The lowest BCUT2D eigenvalue weighted by Crippen LogP contribution is -2.20. The summed E-state index contributed by atoms with van der Waals surface area (Å²) in [4.78, 5) is 17.2. The molecule has 0 saturated carbocycles. The molecule has 0 unspecified atom stereocenters. The van der Waals surface area contributed by atoms with Crippen LogP contribution in [0, 0.1) is 0 Å². The van der Waals surface area contributed by atoms with E-state index < -0.39 is 0 Å². The molecule has 5 nitrogen and oxygen atoms in total. The number of fused-ring (bicyclic) bond motifs is 2. The van der Waals surface area contributed by atoms with Gasteiger partial charge in [0.05, 0.1) is 29.5 Å². The van der Waals surface area contributed by atoms with Gasteiger partial charge >= 0.3 is 0 Å². The number of amides is 1. The molecule has 5 rings (SSSR count). The number of carbonyl (C=O) groups excluding carboxylic acids is 1. The molecule has 168 valence electrons. The van der Waals surface area contributed by atoms with Crippen LogP contribution in [0.15, 0.2) is 101 Å². The first-order valence-corrected chi connectivity index (χ1v) is 12.2. The summed E-state index contributed by atoms with van der Waals surface area (Å²) in [6, 6.07) is 29.8. The zero-order valence-corrected chi connectivity index (χ0v) is 19.8. The first kappa shape index (κ1) is 22.2. The van der Waals surface area contributed by atoms with E-state index in [9.17, 15) is 4.79 Å². The summed E-state index contributed by atoms with van der Waals surface area (Å²) >= 11 is 7.43. The number of imidazole rings is 1. The third-order valence-corrected chi connectivity index (χ3v) is 6.65. The van der Waals surface area contributed by atoms with E-state index in [1.165, 1.54) is 11.8 Å². The van der Waals surface area contributed by atoms with E-state index in [-0.39, 0.29) is 11.7 Å². The molecule has 0 fully saturated rings. The van der Waals surface area contributed by atoms with Crippen LogP contribution in [0.2, 0.25) is 5.02 Å². The summed E-state index contributed by atoms with van der Waals surface area (Å²) in [5, 5.41) is 7.88. The summed E-state index contributed by atoms with van der Waals surface area (Å²) in [6.45, 7) is 0.640. The van der Waals surface area contributed by atoms with Gasteiger partial charge in [0.15, 0.2) is 5.16 Å². The molecule has 0 aliphatic carbocycles. The van der Waals surface area contributed by atoms with Crippen LogP contribution in [0.5, 0.6) is 0 Å². The molecular formula is C27H21ClN4OS. The van der Waals surface area contributed by atoms with Gasteiger partial charge in [0.2, 0.25) is 0 Å². The number of nitrogens with zero attached hydrogens (tertiary/aromatic N) is 3. The standard InChI is InChI=1S/C27H21ClN4OS/c28-22-14-12-19(13-15-22)17-32-25-11-4-3-10-24(25)30-27(32)34-18-26(33)31-29-16-21-8-5-7-20-6-1-2-9-23(20)21/h1-16H,17-18H2,(H,31,33). The molecule has 1 heterocycles. The normalized spacial score (nSPS) is 11.4. The Kier molecular flexibility index (Phi) is 6.60. The molecule has 0 aliphatic heterocycles. The highest BCUT2D eigenvalue weighted by Crippen LogP contribution is 2.25. The second-order valence-electron chi connectivity index (χ2n) is 7.75. The van der Waals surface area contributed by atoms with Gasteiger partial charge in [-0.15, -0.1) is 0 Å². The van der Waals surface area contributed by atoms with Crippen LogP contribution in [-0.4, -0.2) is 27.4 Å². The summed E-state index contributed by atoms with van der Waals surface area (Å²) in [7, 11) is 0. The molecular weight excluding hydrogens is 464 g/mol. The van der Waals surface area contributed by atoms with Crippen LogP contribution in [0.1, 0.15) is 11.1 Å². The van der Waals surface area contributed by atoms with E-state index in [1.807, 2.05) is 78.9 Å². The van der Waals surface area contributed by atoms with Crippen molar-refractivity contribution in [3.8, 4) is 0 Å². The predicted molar refractivity (Wildman–Crippen MR) is 141 cm³/mol. The number of hydrazone groups is 1. The zero-order chi connectivity index (χ0) is 23.3. The van der Waals surface area contributed by atoms with Crippen LogP contribution in [0.3, 0.4) is 0 Å². The van der Waals surface area contributed by atoms with Gasteiger partial charge in [-0.1, -0.05) is 90.1 Å². The maximum atomic E-state index is 12.5. The molecule has 1 aromatic heterocycles. The number of rotatable bonds is 7. The lowest BCUT2D eigenvalue weighted by molar-refractivity contribution is -0.118. The maximum absolute atomic E-state index is 12.5. The highest BCUT2D eigenvalue weighted by Gasteiger charge is 2.13. The van der Waals surface area contributed by atoms with Crippen molar-refractivity contribution in [2.24, 2.45) is 5.10 Å². The van der Waals surface area contributed by atoms with E-state index >= 15 is 0 Å². The van der Waals surface area contributed by atoms with Crippen LogP contribution in [0.4, 0.5) is 0 Å². The number of carbonyl (C=O) groups is 1. The van der Waals surface area contributed by atoms with Crippen LogP contribution in [-0.2, 0) is 11.3 Å². The molecule has 5 aromatic rings. The molecule has 1 N–H and O–H groups in total. The molecule has 0 aliphatic rings. The van der Waals surface area contributed by atoms with Crippen molar-refractivity contribution in [3.63, 3.8) is 0 Å². The largest absolute Gasteiger partial charge is 0.314 e. The SMILES string of the molecule is O=C(CSc1nc2ccccc2n1Cc1ccc(Cl)cc1)NN=Cc1cccc2ccccc12. The Bertz CT molecular complexity index is 1490. The second kappa shape index (κ2) is 10.1. The fourth-order valence-electron chi connectivity index (χ4n) is 3.79. The first-order chi connectivity index (χ1) is 16.7. The number of halogens is 1. The minimum atomic E-state index is -0.188. The van der Waals surface area contributed by atoms with Gasteiger partial charge in [-0.05, 0) is 40.6 Å². The molecule has 0 bridgehead atoms. The molecule has 0 atom stereocenters. The topological polar surface area (TPSA) is 59.3 Å². The molecule has 4 aromatic carbocycles. The highest BCUT2D eigenvalue weighted by atomic mass is 35.5. The molecule has 0 saturated heterocycles. The number of nitrogens with one attached hydrogen (secondary N) is 1. The monoisotopic (exact) mass is 484 g/mol. The van der Waals surface area contributed by atoms with E-state index in [2.05, 4.69) is 27.2 Å². The van der Waals surface area contributed by atoms with Crippen LogP contribution >= 0.6 is 23.4 Å². The van der Waals surface area contributed by atoms with Crippen molar-refractivity contribution in [1.82, 2.24) is 15.0 Å². The molecule has 0 spiro atoms. The number of thioether (sulfide) groups is 1. The zero-order valence-electron chi connectivity index (χ0n) is 18.2. The van der Waals surface area contributed by atoms with Gasteiger partial charge in [-0.25, -0.2) is 10.4 Å². The van der Waals surface area contributed by atoms with E-state index in [0.29, 0.717) is 11.6 Å². The first-order valence-electron chi connectivity index (χ1n) is 10.8. The highest BCUT2D eigenvalue weighted by molar-refractivity contribution is 7.99. The van der Waals surface area contributed by atoms with E-state index in [4.69, 9.17) is 16.6 Å². The van der Waals surface area contributed by atoms with Gasteiger partial charge in [0.1, 0.15) is 0 Å². The van der Waals surface area contributed by atoms with Gasteiger partial charge in [-0.2, -0.15) is 5.10 Å². The second-order valence-corrected chi connectivity index (χ2v) is 9.12. The summed E-state index contributed by atoms with van der Waals surface area (Å²) in [6.07, 6.45) is 1.68. The Morgan fingerprint density at radius 3 is 2.62 bits per heavy atom. The summed E-state index contributed by atoms with van der Waals surface area (Å²) in [5.41, 5.74) is 6.62. The Labute approximate surface area is 206 Å². The Morgan fingerprint density at radius 2 is 1.74 bits per heavy atom. The minimum Gasteiger partial charge on any atom is -0.314 e. The lowest BCUT2D eigenvalue weighted by Gasteiger charge is -2.09. The van der Waals surface area contributed by atoms with Gasteiger partial charge in [-0.3, -0.25) is 4.79 Å². The number of hydrogen-bond donors (Lipinski definition) is 1. The van der Waals surface area contributed by atoms with Crippen molar-refractivity contribution < 1.29 is 4.79 Å². The molecule has 34 heavy (non-hydrogen) atoms. The summed E-state index contributed by atoms with van der Waals surface area (Å²) < 4.78 is 2.12. The minimum absolute atomic E-state index is 0.188. The number of aromatic nitrogens is 2. The van der Waals surface area contributed by atoms with Crippen LogP contribution < -0.4 is 5.43 Å². The van der Waals surface area contributed by atoms with Crippen molar-refractivity contribution in [2.75, 3.05) is 5.75 Å². The van der Waals surface area contributed by atoms with Crippen molar-refractivity contribution >= 4 is 57.3 Å². The van der Waals surface area contributed by atoms with Gasteiger partial charge in [0.25, 0.3) is 5.91 Å². The summed E-state index contributed by atoms with van der Waals surface area (Å²) in [5.74, 6) is 0.0168. The predicted octanol–water partition coefficient (Wildman–Crippen LogP) is 6.13. The van der Waals surface area contributed by atoms with E-state index in [1.54, 1.807) is 6.21 Å². The van der Waals surface area contributed by atoms with Crippen molar-refractivity contribution in [2.45, 2.75) is 11.7 Å². The van der Waals surface area contributed by atoms with Crippen molar-refractivity contribution in [3.05, 3.63) is 107 Å². The Morgan fingerprint density at radius 1 is 0.971 bits per heavy atom. The van der Waals surface area contributed by atoms with E-state index in [0.717, 1.165) is 38.1 Å². The average molecular weight is 485 g/mol. The number of hydrogen-bond acceptors (Lipinski definition) is 4. The fraction of sp³-hybridized carbons (Fsp3) is 0.0741. The molecule has 1 amide bonds. The van der Waals surface area contributed by atoms with Crippen molar-refractivity contribution in [1.29, 1.82) is 0 Å². The average Bonchev–Trinajstić information content (AvgIpc) is 3.21. The fourth-order valence-corrected chi connectivity index (χ4v) is 4.72. The maximum Gasteiger partial charge on any atom is 0.250 e. The number of para-hydroxylation sites is 2. The quantitative estimate of drug-likeness (QED) is 0.172. The third-order valence-electron chi connectivity index (χ3n) is 5.42. The molecule has 0 radical (unpaired) electrons. The smallest absolute Gasteiger partial charge is 0.250 e. The lowest BCUT2D eigenvalue weighted by atomic mass is 10.1. The molecule has 7 heteroatoms. The third kappa shape index (κ3) is 4.98. The Balaban J connectivity index is 1.28. The van der Waals surface area contributed by atoms with Crippen LogP contribution in [0.25, 0.3) is 21.8 Å². The van der Waals surface area contributed by atoms with Gasteiger partial charge in [0, 0.05) is 10.6 Å².